The number of aromatic nitrogens is 2. The number of carbonyl (C=O) groups is 1. The Morgan fingerprint density at radius 3 is 2.58 bits per heavy atom. The van der Waals surface area contributed by atoms with Crippen molar-refractivity contribution in [2.24, 2.45) is 0 Å². The van der Waals surface area contributed by atoms with E-state index < -0.39 is 11.7 Å². The van der Waals surface area contributed by atoms with E-state index in [1.54, 1.807) is 6.20 Å². The molecule has 0 radical (unpaired) electrons. The van der Waals surface area contributed by atoms with Crippen LogP contribution < -0.4 is 10.2 Å². The number of piperidine rings is 1. The number of nitrogens with zero attached hydrogens (tertiary/aromatic N) is 4. The van der Waals surface area contributed by atoms with Crippen LogP contribution in [0, 0.1) is 18.3 Å². The first-order valence-corrected chi connectivity index (χ1v) is 8.12. The van der Waals surface area contributed by atoms with Crippen molar-refractivity contribution in [2.45, 2.75) is 58.6 Å². The molecule has 1 N–H and O–H groups in total. The molecule has 1 saturated heterocycles. The zero-order chi connectivity index (χ0) is 18.0. The predicted octanol–water partition coefficient (Wildman–Crippen LogP) is 2.54. The molecule has 0 spiro atoms. The van der Waals surface area contributed by atoms with Gasteiger partial charge in [-0.2, -0.15) is 5.26 Å². The lowest BCUT2D eigenvalue weighted by molar-refractivity contribution is 0.0448. The van der Waals surface area contributed by atoms with E-state index in [2.05, 4.69) is 21.4 Å². The van der Waals surface area contributed by atoms with Crippen LogP contribution in [0.1, 0.15) is 51.9 Å². The summed E-state index contributed by atoms with van der Waals surface area (Å²) < 4.78 is 5.34. The number of hydrogen-bond donors (Lipinski definition) is 1. The molecular formula is C17H25N5O2. The quantitative estimate of drug-likeness (QED) is 0.895. The van der Waals surface area contributed by atoms with E-state index >= 15 is 0 Å². The number of aryl methyl sites for hydroxylation is 1. The van der Waals surface area contributed by atoms with Gasteiger partial charge < -0.3 is 15.0 Å². The van der Waals surface area contributed by atoms with Crippen LogP contribution in [0.25, 0.3) is 0 Å². The summed E-state index contributed by atoms with van der Waals surface area (Å²) in [5.74, 6) is 0.613. The number of hydrogen-bond acceptors (Lipinski definition) is 6. The van der Waals surface area contributed by atoms with Gasteiger partial charge in [0.1, 0.15) is 11.7 Å². The fourth-order valence-corrected chi connectivity index (χ4v) is 2.66. The molecule has 0 aliphatic carbocycles. The van der Waals surface area contributed by atoms with Crippen LogP contribution in [0.4, 0.5) is 10.6 Å². The Labute approximate surface area is 143 Å². The van der Waals surface area contributed by atoms with Gasteiger partial charge in [-0.25, -0.2) is 14.8 Å². The van der Waals surface area contributed by atoms with Crippen LogP contribution in [-0.4, -0.2) is 40.3 Å². The Morgan fingerprint density at radius 1 is 1.42 bits per heavy atom. The number of nitrogens with one attached hydrogen (secondary N) is 1. The molecule has 0 unspecified atom stereocenters. The van der Waals surface area contributed by atoms with Gasteiger partial charge in [0.2, 0.25) is 0 Å². The van der Waals surface area contributed by atoms with E-state index in [0.29, 0.717) is 24.6 Å². The minimum atomic E-state index is -0.514. The zero-order valence-electron chi connectivity index (χ0n) is 15.0. The topological polar surface area (TPSA) is 91.1 Å². The highest BCUT2D eigenvalue weighted by molar-refractivity contribution is 5.68. The van der Waals surface area contributed by atoms with Crippen molar-refractivity contribution in [3.05, 3.63) is 17.6 Å². The fourth-order valence-electron chi connectivity index (χ4n) is 2.66. The second-order valence-corrected chi connectivity index (χ2v) is 7.47. The van der Waals surface area contributed by atoms with Crippen molar-refractivity contribution in [2.75, 3.05) is 18.0 Å². The molecule has 1 aromatic heterocycles. The molecule has 1 aliphatic heterocycles. The normalized spacial score (nSPS) is 17.1. The maximum atomic E-state index is 12.0. The van der Waals surface area contributed by atoms with Crippen molar-refractivity contribution in [1.29, 1.82) is 5.26 Å². The third-order valence-electron chi connectivity index (χ3n) is 3.95. The second kappa shape index (κ2) is 6.63. The summed E-state index contributed by atoms with van der Waals surface area (Å²) in [4.78, 5) is 22.6. The SMILES string of the molecule is Cc1cnc(N2CCC(C)(NC(=O)OC(C)(C)C)CC2)c(C#N)n1. The van der Waals surface area contributed by atoms with Gasteiger partial charge in [-0.05, 0) is 47.5 Å². The van der Waals surface area contributed by atoms with E-state index in [1.807, 2.05) is 39.5 Å². The Morgan fingerprint density at radius 2 is 2.04 bits per heavy atom. The fraction of sp³-hybridized carbons (Fsp3) is 0.647. The highest BCUT2D eigenvalue weighted by Crippen LogP contribution is 2.26. The van der Waals surface area contributed by atoms with E-state index in [9.17, 15) is 10.1 Å². The maximum Gasteiger partial charge on any atom is 0.408 e. The first kappa shape index (κ1) is 18.0. The molecular weight excluding hydrogens is 306 g/mol. The van der Waals surface area contributed by atoms with Gasteiger partial charge in [0.05, 0.1) is 11.9 Å². The Bertz CT molecular complexity index is 652. The standard InChI is InChI=1S/C17H25N5O2/c1-12-11-19-14(13(10-18)20-12)22-8-6-17(5,7-9-22)21-15(23)24-16(2,3)4/h11H,6-9H2,1-5H3,(H,21,23). The molecule has 0 atom stereocenters. The number of ether oxygens (including phenoxy) is 1. The van der Waals surface area contributed by atoms with Gasteiger partial charge in [-0.3, -0.25) is 0 Å². The lowest BCUT2D eigenvalue weighted by Gasteiger charge is -2.40. The van der Waals surface area contributed by atoms with Gasteiger partial charge in [0, 0.05) is 18.6 Å². The number of amides is 1. The first-order valence-electron chi connectivity index (χ1n) is 8.12. The summed E-state index contributed by atoms with van der Waals surface area (Å²) in [5, 5.41) is 12.2. The van der Waals surface area contributed by atoms with Crippen LogP contribution in [-0.2, 0) is 4.74 Å². The third kappa shape index (κ3) is 4.57. The lowest BCUT2D eigenvalue weighted by Crippen LogP contribution is -2.54. The molecule has 2 rings (SSSR count). The second-order valence-electron chi connectivity index (χ2n) is 7.47. The molecule has 1 aliphatic rings. The number of anilines is 1. The molecule has 130 valence electrons. The lowest BCUT2D eigenvalue weighted by atomic mass is 9.89. The van der Waals surface area contributed by atoms with Crippen molar-refractivity contribution < 1.29 is 9.53 Å². The van der Waals surface area contributed by atoms with Crippen LogP contribution in [0.3, 0.4) is 0 Å². The smallest absolute Gasteiger partial charge is 0.408 e. The van der Waals surface area contributed by atoms with Gasteiger partial charge in [-0.1, -0.05) is 0 Å². The number of alkyl carbamates (subject to hydrolysis) is 1. The van der Waals surface area contributed by atoms with Gasteiger partial charge in [-0.15, -0.1) is 0 Å². The average Bonchev–Trinajstić information content (AvgIpc) is 2.45. The van der Waals surface area contributed by atoms with Crippen molar-refractivity contribution in [1.82, 2.24) is 15.3 Å². The average molecular weight is 331 g/mol. The predicted molar refractivity (Wildman–Crippen MR) is 90.7 cm³/mol. The first-order chi connectivity index (χ1) is 11.1. The largest absolute Gasteiger partial charge is 0.444 e. The van der Waals surface area contributed by atoms with Gasteiger partial charge >= 0.3 is 6.09 Å². The minimum absolute atomic E-state index is 0.330. The van der Waals surface area contributed by atoms with Crippen molar-refractivity contribution >= 4 is 11.9 Å². The van der Waals surface area contributed by atoms with E-state index in [1.165, 1.54) is 0 Å². The monoisotopic (exact) mass is 331 g/mol. The number of carbonyl (C=O) groups excluding carboxylic acids is 1. The minimum Gasteiger partial charge on any atom is -0.444 e. The summed E-state index contributed by atoms with van der Waals surface area (Å²) in [7, 11) is 0. The molecule has 0 saturated carbocycles. The maximum absolute atomic E-state index is 12.0. The van der Waals surface area contributed by atoms with E-state index in [4.69, 9.17) is 4.74 Å². The number of rotatable bonds is 2. The summed E-state index contributed by atoms with van der Waals surface area (Å²) in [6.07, 6.45) is 2.76. The van der Waals surface area contributed by atoms with Crippen LogP contribution in [0.5, 0.6) is 0 Å². The summed E-state index contributed by atoms with van der Waals surface area (Å²) in [6.45, 7) is 10.7. The highest BCUT2D eigenvalue weighted by Gasteiger charge is 2.34. The molecule has 24 heavy (non-hydrogen) atoms. The molecule has 0 aromatic carbocycles. The molecule has 1 fully saturated rings. The van der Waals surface area contributed by atoms with E-state index in [0.717, 1.165) is 18.5 Å². The van der Waals surface area contributed by atoms with Gasteiger partial charge in [0.25, 0.3) is 0 Å². The van der Waals surface area contributed by atoms with Gasteiger partial charge in [0.15, 0.2) is 11.5 Å². The molecule has 1 aromatic rings. The summed E-state index contributed by atoms with van der Waals surface area (Å²) >= 11 is 0. The third-order valence-corrected chi connectivity index (χ3v) is 3.95. The molecule has 7 heteroatoms. The van der Waals surface area contributed by atoms with Crippen molar-refractivity contribution in [3.63, 3.8) is 0 Å². The van der Waals surface area contributed by atoms with Crippen LogP contribution >= 0.6 is 0 Å². The number of nitriles is 1. The summed E-state index contributed by atoms with van der Waals surface area (Å²) in [6, 6.07) is 2.11. The highest BCUT2D eigenvalue weighted by atomic mass is 16.6. The molecule has 0 bridgehead atoms. The Hall–Kier alpha value is -2.36. The molecule has 2 heterocycles. The van der Waals surface area contributed by atoms with Crippen LogP contribution in [0.2, 0.25) is 0 Å². The van der Waals surface area contributed by atoms with E-state index in [-0.39, 0.29) is 5.54 Å². The molecule has 7 nitrogen and oxygen atoms in total. The molecule has 1 amide bonds. The van der Waals surface area contributed by atoms with Crippen LogP contribution in [0.15, 0.2) is 6.20 Å². The van der Waals surface area contributed by atoms with Crippen molar-refractivity contribution in [3.8, 4) is 6.07 Å². The Kier molecular flexibility index (Phi) is 4.97. The zero-order valence-corrected chi connectivity index (χ0v) is 15.0. The summed E-state index contributed by atoms with van der Waals surface area (Å²) in [5.41, 5.74) is 0.229. The Balaban J connectivity index is 2.00.